The summed E-state index contributed by atoms with van der Waals surface area (Å²) in [6, 6.07) is 0. The van der Waals surface area contributed by atoms with Crippen molar-refractivity contribution in [3.05, 3.63) is 22.7 Å². The second-order valence-corrected chi connectivity index (χ2v) is 1.94. The van der Waals surface area contributed by atoms with E-state index >= 15 is 0 Å². The van der Waals surface area contributed by atoms with Gasteiger partial charge in [0.05, 0.1) is 12.4 Å². The van der Waals surface area contributed by atoms with Crippen molar-refractivity contribution in [2.75, 3.05) is 0 Å². The Bertz CT molecular complexity index is 174. The number of aromatic nitrogens is 2. The highest BCUT2D eigenvalue weighted by molar-refractivity contribution is 6.32. The van der Waals surface area contributed by atoms with Gasteiger partial charge < -0.3 is 0 Å². The van der Waals surface area contributed by atoms with Gasteiger partial charge in [0.2, 0.25) is 0 Å². The highest BCUT2D eigenvalue weighted by Crippen LogP contribution is 2.05. The van der Waals surface area contributed by atoms with Gasteiger partial charge in [-0.2, -0.15) is 0 Å². The van der Waals surface area contributed by atoms with Crippen molar-refractivity contribution in [1.82, 2.24) is 9.97 Å². The van der Waals surface area contributed by atoms with Crippen molar-refractivity contribution in [2.45, 2.75) is 0 Å². The van der Waals surface area contributed by atoms with Crippen LogP contribution in [0.15, 0.2) is 12.4 Å². The zero-order valence-electron chi connectivity index (χ0n) is 4.21. The normalized spacial score (nSPS) is 8.22. The van der Waals surface area contributed by atoms with E-state index in [-0.39, 0.29) is 12.4 Å². The topological polar surface area (TPSA) is 25.8 Å². The Balaban J connectivity index is 0.000000640. The van der Waals surface area contributed by atoms with Crippen LogP contribution in [0.2, 0.25) is 10.3 Å². The first kappa shape index (κ1) is 8.95. The monoisotopic (exact) mass is 184 g/mol. The van der Waals surface area contributed by atoms with Crippen molar-refractivity contribution in [2.24, 2.45) is 0 Å². The van der Waals surface area contributed by atoms with E-state index in [2.05, 4.69) is 9.97 Å². The van der Waals surface area contributed by atoms with Gasteiger partial charge in [0.25, 0.3) is 0 Å². The predicted molar refractivity (Wildman–Crippen MR) is 39.3 cm³/mol. The molecule has 9 heavy (non-hydrogen) atoms. The lowest BCUT2D eigenvalue weighted by Gasteiger charge is -1.85. The molecule has 0 N–H and O–H groups in total. The van der Waals surface area contributed by atoms with Crippen molar-refractivity contribution in [3.8, 4) is 0 Å². The predicted octanol–water partition coefficient (Wildman–Crippen LogP) is 2.21. The minimum Gasteiger partial charge on any atom is -0.258 e. The highest BCUT2D eigenvalue weighted by Gasteiger charge is 1.87. The average molecular weight is 185 g/mol. The van der Waals surface area contributed by atoms with Gasteiger partial charge >= 0.3 is 0 Å². The lowest BCUT2D eigenvalue weighted by atomic mass is 10.8. The van der Waals surface area contributed by atoms with Crippen LogP contribution < -0.4 is 0 Å². The molecule has 0 atom stereocenters. The Morgan fingerprint density at radius 1 is 1.11 bits per heavy atom. The number of nitrogens with zero attached hydrogens (tertiary/aromatic N) is 2. The van der Waals surface area contributed by atoms with Crippen LogP contribution in [0.25, 0.3) is 0 Å². The van der Waals surface area contributed by atoms with Gasteiger partial charge in [-0.05, 0) is 0 Å². The van der Waals surface area contributed by atoms with Gasteiger partial charge in [-0.1, -0.05) is 23.2 Å². The molecule has 1 aromatic heterocycles. The van der Waals surface area contributed by atoms with Gasteiger partial charge in [0.1, 0.15) is 10.3 Å². The third-order valence-corrected chi connectivity index (χ3v) is 0.940. The Kier molecular flexibility index (Phi) is 3.86. The average Bonchev–Trinajstić information content (AvgIpc) is 1.64. The van der Waals surface area contributed by atoms with Crippen LogP contribution in [0.4, 0.5) is 0 Å². The van der Waals surface area contributed by atoms with Crippen molar-refractivity contribution in [1.29, 1.82) is 0 Å². The van der Waals surface area contributed by atoms with Gasteiger partial charge in [-0.3, -0.25) is 4.98 Å². The summed E-state index contributed by atoms with van der Waals surface area (Å²) in [5.41, 5.74) is 0. The minimum atomic E-state index is 0. The first-order valence-electron chi connectivity index (χ1n) is 1.92. The van der Waals surface area contributed by atoms with E-state index in [0.717, 1.165) is 0 Å². The fourth-order valence-electron chi connectivity index (χ4n) is 0.320. The molecule has 0 aliphatic carbocycles. The Hall–Kier alpha value is -0.0500. The fraction of sp³-hybridized carbons (Fsp3) is 0. The number of hydrogen-bond donors (Lipinski definition) is 0. The maximum atomic E-state index is 5.39. The Morgan fingerprint density at radius 2 is 1.56 bits per heavy atom. The molecule has 0 bridgehead atoms. The summed E-state index contributed by atoms with van der Waals surface area (Å²) in [5.74, 6) is 0. The highest BCUT2D eigenvalue weighted by atomic mass is 35.5. The van der Waals surface area contributed by atoms with Crippen LogP contribution in [0.1, 0.15) is 0 Å². The van der Waals surface area contributed by atoms with E-state index in [0.29, 0.717) is 10.3 Å². The smallest absolute Gasteiger partial charge is 0.149 e. The van der Waals surface area contributed by atoms with E-state index in [1.807, 2.05) is 0 Å². The van der Waals surface area contributed by atoms with Crippen LogP contribution in [-0.2, 0) is 0 Å². The molecule has 0 aliphatic rings. The summed E-state index contributed by atoms with van der Waals surface area (Å²) in [5, 5.41) is 0.634. The summed E-state index contributed by atoms with van der Waals surface area (Å²) < 4.78 is 0. The van der Waals surface area contributed by atoms with Crippen molar-refractivity contribution in [3.63, 3.8) is 0 Å². The lowest BCUT2D eigenvalue weighted by molar-refractivity contribution is 1.20. The first-order valence-corrected chi connectivity index (χ1v) is 2.67. The van der Waals surface area contributed by atoms with Gasteiger partial charge in [0, 0.05) is 0 Å². The third-order valence-electron chi connectivity index (χ3n) is 0.576. The second kappa shape index (κ2) is 3.88. The third kappa shape index (κ3) is 2.84. The minimum absolute atomic E-state index is 0. The molecule has 0 spiro atoms. The van der Waals surface area contributed by atoms with Crippen LogP contribution in [0.3, 0.4) is 0 Å². The molecular weight excluding hydrogens is 182 g/mol. The summed E-state index contributed by atoms with van der Waals surface area (Å²) in [4.78, 5) is 7.30. The summed E-state index contributed by atoms with van der Waals surface area (Å²) in [6.45, 7) is 0. The standard InChI is InChI=1S/C4H2Cl2N2.ClH/c5-3-1-7-2-4(6)8-3;/h1-2H;1H. The number of rotatable bonds is 0. The zero-order valence-corrected chi connectivity index (χ0v) is 6.54. The molecular formula is C4H3Cl3N2. The summed E-state index contributed by atoms with van der Waals surface area (Å²) in [6.07, 6.45) is 2.85. The number of hydrogen-bond acceptors (Lipinski definition) is 2. The van der Waals surface area contributed by atoms with Crippen LogP contribution in [0.5, 0.6) is 0 Å². The molecule has 1 aromatic rings. The molecule has 5 heteroatoms. The molecule has 0 fully saturated rings. The van der Waals surface area contributed by atoms with Crippen molar-refractivity contribution < 1.29 is 0 Å². The van der Waals surface area contributed by atoms with E-state index in [9.17, 15) is 0 Å². The largest absolute Gasteiger partial charge is 0.258 e. The van der Waals surface area contributed by atoms with Crippen LogP contribution in [-0.4, -0.2) is 9.97 Å². The molecule has 2 nitrogen and oxygen atoms in total. The van der Waals surface area contributed by atoms with E-state index < -0.39 is 0 Å². The van der Waals surface area contributed by atoms with Crippen LogP contribution in [0, 0.1) is 0 Å². The van der Waals surface area contributed by atoms with Crippen LogP contribution >= 0.6 is 35.6 Å². The fourth-order valence-corrected chi connectivity index (χ4v) is 0.658. The molecule has 0 unspecified atom stereocenters. The van der Waals surface area contributed by atoms with Gasteiger partial charge in [-0.15, -0.1) is 12.4 Å². The Labute approximate surface area is 68.6 Å². The molecule has 0 aliphatic heterocycles. The summed E-state index contributed by atoms with van der Waals surface area (Å²) >= 11 is 10.8. The molecule has 0 radical (unpaired) electrons. The van der Waals surface area contributed by atoms with Gasteiger partial charge in [-0.25, -0.2) is 4.98 Å². The van der Waals surface area contributed by atoms with Crippen molar-refractivity contribution >= 4 is 35.6 Å². The second-order valence-electron chi connectivity index (χ2n) is 1.16. The molecule has 1 rings (SSSR count). The Morgan fingerprint density at radius 3 is 1.78 bits per heavy atom. The van der Waals surface area contributed by atoms with E-state index in [4.69, 9.17) is 23.2 Å². The first-order chi connectivity index (χ1) is 3.79. The molecule has 0 saturated heterocycles. The molecule has 1 heterocycles. The SMILES string of the molecule is Cl.Clc1cncc(Cl)n1. The maximum absolute atomic E-state index is 5.39. The molecule has 50 valence electrons. The van der Waals surface area contributed by atoms with Gasteiger partial charge in [0.15, 0.2) is 0 Å². The molecule has 0 amide bonds. The van der Waals surface area contributed by atoms with E-state index in [1.54, 1.807) is 0 Å². The summed E-state index contributed by atoms with van der Waals surface area (Å²) in [7, 11) is 0. The van der Waals surface area contributed by atoms with E-state index in [1.165, 1.54) is 12.4 Å². The zero-order chi connectivity index (χ0) is 5.98. The maximum Gasteiger partial charge on any atom is 0.149 e. The molecule has 0 saturated carbocycles. The quantitative estimate of drug-likeness (QED) is 0.619. The number of halogens is 3. The molecule has 0 aromatic carbocycles. The lowest BCUT2D eigenvalue weighted by Crippen LogP contribution is -1.76.